The summed E-state index contributed by atoms with van der Waals surface area (Å²) in [5, 5.41) is 12.1. The molecule has 0 saturated carbocycles. The van der Waals surface area contributed by atoms with Crippen molar-refractivity contribution < 1.29 is 19.2 Å². The van der Waals surface area contributed by atoms with E-state index >= 15 is 0 Å². The average molecular weight is 197 g/mol. The number of carbonyl (C=O) groups is 1. The van der Waals surface area contributed by atoms with Gasteiger partial charge in [0.1, 0.15) is 5.76 Å². The lowest BCUT2D eigenvalue weighted by molar-refractivity contribution is 0.0685. The summed E-state index contributed by atoms with van der Waals surface area (Å²) in [6.07, 6.45) is 0.835. The Morgan fingerprint density at radius 3 is 3.00 bits per heavy atom. The van der Waals surface area contributed by atoms with Crippen molar-refractivity contribution in [1.29, 1.82) is 0 Å². The Labute approximate surface area is 80.6 Å². The number of hydrogen-bond acceptors (Lipinski definition) is 4. The first-order valence-corrected chi connectivity index (χ1v) is 4.40. The van der Waals surface area contributed by atoms with Crippen LogP contribution < -0.4 is 0 Å². The molecule has 1 aliphatic heterocycles. The standard InChI is InChI=1S/C9H11NO4/c1-9(2-3-13-5-9)7-4-6(8(11)12)10-14-7/h4H,2-3,5H2,1H3,(H,11,12). The largest absolute Gasteiger partial charge is 0.476 e. The van der Waals surface area contributed by atoms with Gasteiger partial charge in [0, 0.05) is 12.7 Å². The fourth-order valence-electron chi connectivity index (χ4n) is 1.52. The first-order chi connectivity index (χ1) is 6.62. The third-order valence-corrected chi connectivity index (χ3v) is 2.54. The van der Waals surface area contributed by atoms with E-state index < -0.39 is 5.97 Å². The van der Waals surface area contributed by atoms with Gasteiger partial charge in [0.05, 0.1) is 12.0 Å². The second-order valence-electron chi connectivity index (χ2n) is 3.74. The molecule has 1 aliphatic rings. The molecule has 1 N–H and O–H groups in total. The van der Waals surface area contributed by atoms with Crippen molar-refractivity contribution in [2.24, 2.45) is 0 Å². The van der Waals surface area contributed by atoms with Gasteiger partial charge in [0.15, 0.2) is 5.69 Å². The van der Waals surface area contributed by atoms with Crippen LogP contribution >= 0.6 is 0 Å². The van der Waals surface area contributed by atoms with Crippen molar-refractivity contribution in [3.05, 3.63) is 17.5 Å². The van der Waals surface area contributed by atoms with E-state index in [9.17, 15) is 4.79 Å². The summed E-state index contributed by atoms with van der Waals surface area (Å²) in [5.41, 5.74) is -0.270. The number of ether oxygens (including phenoxy) is 1. The summed E-state index contributed by atoms with van der Waals surface area (Å²) in [6, 6.07) is 1.47. The molecule has 76 valence electrons. The zero-order valence-electron chi connectivity index (χ0n) is 7.82. The maximum Gasteiger partial charge on any atom is 0.358 e. The predicted molar refractivity (Wildman–Crippen MR) is 46.3 cm³/mol. The van der Waals surface area contributed by atoms with E-state index in [-0.39, 0.29) is 11.1 Å². The van der Waals surface area contributed by atoms with E-state index in [0.717, 1.165) is 6.42 Å². The van der Waals surface area contributed by atoms with Gasteiger partial charge in [-0.05, 0) is 6.42 Å². The Morgan fingerprint density at radius 1 is 1.71 bits per heavy atom. The summed E-state index contributed by atoms with van der Waals surface area (Å²) in [7, 11) is 0. The van der Waals surface area contributed by atoms with Crippen LogP contribution in [0.15, 0.2) is 10.6 Å². The maximum absolute atomic E-state index is 10.6. The second-order valence-corrected chi connectivity index (χ2v) is 3.74. The number of aromatic nitrogens is 1. The van der Waals surface area contributed by atoms with Crippen molar-refractivity contribution in [3.8, 4) is 0 Å². The number of carboxylic acids is 1. The molecule has 1 unspecified atom stereocenters. The highest BCUT2D eigenvalue weighted by atomic mass is 16.5. The molecule has 1 saturated heterocycles. The van der Waals surface area contributed by atoms with E-state index in [4.69, 9.17) is 14.4 Å². The normalized spacial score (nSPS) is 26.6. The molecule has 0 amide bonds. The van der Waals surface area contributed by atoms with Gasteiger partial charge in [-0.3, -0.25) is 0 Å². The van der Waals surface area contributed by atoms with Crippen LogP contribution in [0, 0.1) is 0 Å². The van der Waals surface area contributed by atoms with E-state index in [1.165, 1.54) is 6.07 Å². The highest BCUT2D eigenvalue weighted by Gasteiger charge is 2.36. The van der Waals surface area contributed by atoms with Crippen LogP contribution in [0.25, 0.3) is 0 Å². The first kappa shape index (κ1) is 9.21. The van der Waals surface area contributed by atoms with Crippen LogP contribution in [-0.2, 0) is 10.2 Å². The number of hydrogen-bond donors (Lipinski definition) is 1. The van der Waals surface area contributed by atoms with Crippen LogP contribution in [-0.4, -0.2) is 29.4 Å². The molecule has 0 spiro atoms. The van der Waals surface area contributed by atoms with Crippen molar-refractivity contribution in [1.82, 2.24) is 5.16 Å². The minimum Gasteiger partial charge on any atom is -0.476 e. The Kier molecular flexibility index (Phi) is 2.03. The van der Waals surface area contributed by atoms with E-state index in [2.05, 4.69) is 5.16 Å². The van der Waals surface area contributed by atoms with Gasteiger partial charge in [0.25, 0.3) is 0 Å². The lowest BCUT2D eigenvalue weighted by Crippen LogP contribution is -2.20. The van der Waals surface area contributed by atoms with Gasteiger partial charge < -0.3 is 14.4 Å². The smallest absolute Gasteiger partial charge is 0.358 e. The number of carboxylic acid groups (broad SMARTS) is 1. The molecular weight excluding hydrogens is 186 g/mol. The summed E-state index contributed by atoms with van der Waals surface area (Å²) >= 11 is 0. The average Bonchev–Trinajstić information content (AvgIpc) is 2.71. The van der Waals surface area contributed by atoms with Gasteiger partial charge in [0.2, 0.25) is 0 Å². The summed E-state index contributed by atoms with van der Waals surface area (Å²) < 4.78 is 10.3. The number of aromatic carboxylic acids is 1. The lowest BCUT2D eigenvalue weighted by Gasteiger charge is -2.16. The van der Waals surface area contributed by atoms with Gasteiger partial charge in [-0.2, -0.15) is 0 Å². The van der Waals surface area contributed by atoms with Gasteiger partial charge >= 0.3 is 5.97 Å². The molecule has 1 aromatic rings. The summed E-state index contributed by atoms with van der Waals surface area (Å²) in [4.78, 5) is 10.6. The third-order valence-electron chi connectivity index (χ3n) is 2.54. The Morgan fingerprint density at radius 2 is 2.50 bits per heavy atom. The molecule has 2 rings (SSSR count). The Bertz CT molecular complexity index is 351. The van der Waals surface area contributed by atoms with Crippen molar-refractivity contribution in [3.63, 3.8) is 0 Å². The van der Waals surface area contributed by atoms with Gasteiger partial charge in [-0.1, -0.05) is 12.1 Å². The van der Waals surface area contributed by atoms with Crippen LogP contribution in [0.1, 0.15) is 29.6 Å². The minimum atomic E-state index is -1.07. The molecule has 1 atom stereocenters. The molecule has 5 nitrogen and oxygen atoms in total. The molecular formula is C9H11NO4. The van der Waals surface area contributed by atoms with Gasteiger partial charge in [-0.15, -0.1) is 0 Å². The van der Waals surface area contributed by atoms with E-state index in [1.807, 2.05) is 6.92 Å². The highest BCUT2D eigenvalue weighted by molar-refractivity contribution is 5.85. The minimum absolute atomic E-state index is 0.0480. The SMILES string of the molecule is CC1(c2cc(C(=O)O)no2)CCOC1. The molecule has 5 heteroatoms. The Balaban J connectivity index is 2.28. The molecule has 14 heavy (non-hydrogen) atoms. The van der Waals surface area contributed by atoms with Crippen molar-refractivity contribution in [2.45, 2.75) is 18.8 Å². The number of rotatable bonds is 2. The highest BCUT2D eigenvalue weighted by Crippen LogP contribution is 2.32. The maximum atomic E-state index is 10.6. The van der Waals surface area contributed by atoms with Crippen molar-refractivity contribution >= 4 is 5.97 Å². The van der Waals surface area contributed by atoms with Crippen molar-refractivity contribution in [2.75, 3.05) is 13.2 Å². The predicted octanol–water partition coefficient (Wildman–Crippen LogP) is 1.05. The quantitative estimate of drug-likeness (QED) is 0.767. The molecule has 1 fully saturated rings. The van der Waals surface area contributed by atoms with E-state index in [1.54, 1.807) is 0 Å². The first-order valence-electron chi connectivity index (χ1n) is 4.40. The van der Waals surface area contributed by atoms with Crippen LogP contribution in [0.4, 0.5) is 0 Å². The zero-order valence-corrected chi connectivity index (χ0v) is 7.82. The molecule has 1 aromatic heterocycles. The van der Waals surface area contributed by atoms with Crippen LogP contribution in [0.5, 0.6) is 0 Å². The van der Waals surface area contributed by atoms with Gasteiger partial charge in [-0.25, -0.2) is 4.79 Å². The van der Waals surface area contributed by atoms with Crippen LogP contribution in [0.2, 0.25) is 0 Å². The zero-order chi connectivity index (χ0) is 10.2. The molecule has 2 heterocycles. The molecule has 0 radical (unpaired) electrons. The lowest BCUT2D eigenvalue weighted by atomic mass is 9.87. The molecule has 0 aromatic carbocycles. The fraction of sp³-hybridized carbons (Fsp3) is 0.556. The monoisotopic (exact) mass is 197 g/mol. The Hall–Kier alpha value is -1.36. The van der Waals surface area contributed by atoms with E-state index in [0.29, 0.717) is 19.0 Å². The third kappa shape index (κ3) is 1.39. The van der Waals surface area contributed by atoms with Crippen LogP contribution in [0.3, 0.4) is 0 Å². The molecule has 0 bridgehead atoms. The second kappa shape index (κ2) is 3.09. The fourth-order valence-corrected chi connectivity index (χ4v) is 1.52. The summed E-state index contributed by atoms with van der Waals surface area (Å²) in [5.74, 6) is -0.477. The number of nitrogens with zero attached hydrogens (tertiary/aromatic N) is 1. The molecule has 0 aliphatic carbocycles. The summed E-state index contributed by atoms with van der Waals surface area (Å²) in [6.45, 7) is 3.22. The topological polar surface area (TPSA) is 72.6 Å².